The zero-order valence-electron chi connectivity index (χ0n) is 11.4. The third-order valence-electron chi connectivity index (χ3n) is 3.36. The van der Waals surface area contributed by atoms with Crippen LogP contribution in [0.25, 0.3) is 0 Å². The SMILES string of the molecule is [CH2]CCc1ccccc1CCCCCCCC. The van der Waals surface area contributed by atoms with Crippen LogP contribution >= 0.6 is 0 Å². The molecular weight excluding hydrogens is 204 g/mol. The van der Waals surface area contributed by atoms with Gasteiger partial charge in [-0.2, -0.15) is 0 Å². The molecule has 0 N–H and O–H groups in total. The second kappa shape index (κ2) is 9.27. The summed E-state index contributed by atoms with van der Waals surface area (Å²) < 4.78 is 0. The van der Waals surface area contributed by atoms with Crippen LogP contribution in [0.2, 0.25) is 0 Å². The average Bonchev–Trinajstić information content (AvgIpc) is 2.36. The van der Waals surface area contributed by atoms with Gasteiger partial charge in [0.1, 0.15) is 0 Å². The number of unbranched alkanes of at least 4 members (excludes halogenated alkanes) is 5. The lowest BCUT2D eigenvalue weighted by atomic mass is 9.98. The van der Waals surface area contributed by atoms with Gasteiger partial charge in [0.2, 0.25) is 0 Å². The molecule has 0 aromatic heterocycles. The van der Waals surface area contributed by atoms with Crippen molar-refractivity contribution in [2.75, 3.05) is 0 Å². The Morgan fingerprint density at radius 3 is 2.06 bits per heavy atom. The molecule has 1 aromatic carbocycles. The van der Waals surface area contributed by atoms with Crippen LogP contribution in [0.4, 0.5) is 0 Å². The Labute approximate surface area is 107 Å². The van der Waals surface area contributed by atoms with Crippen molar-refractivity contribution in [1.82, 2.24) is 0 Å². The molecule has 17 heavy (non-hydrogen) atoms. The van der Waals surface area contributed by atoms with Crippen molar-refractivity contribution < 1.29 is 0 Å². The van der Waals surface area contributed by atoms with E-state index in [2.05, 4.69) is 38.1 Å². The maximum atomic E-state index is 3.95. The van der Waals surface area contributed by atoms with Crippen molar-refractivity contribution in [1.29, 1.82) is 0 Å². The molecule has 0 heteroatoms. The lowest BCUT2D eigenvalue weighted by Crippen LogP contribution is -1.94. The van der Waals surface area contributed by atoms with Crippen molar-refractivity contribution in [3.63, 3.8) is 0 Å². The summed E-state index contributed by atoms with van der Waals surface area (Å²) in [7, 11) is 0. The normalized spacial score (nSPS) is 10.7. The molecule has 1 aromatic rings. The molecule has 0 amide bonds. The summed E-state index contributed by atoms with van der Waals surface area (Å²) in [5.41, 5.74) is 3.06. The maximum Gasteiger partial charge on any atom is -0.0276 e. The van der Waals surface area contributed by atoms with Crippen LogP contribution in [0.5, 0.6) is 0 Å². The van der Waals surface area contributed by atoms with E-state index in [9.17, 15) is 0 Å². The summed E-state index contributed by atoms with van der Waals surface area (Å²) in [5.74, 6) is 0. The van der Waals surface area contributed by atoms with Crippen molar-refractivity contribution in [3.8, 4) is 0 Å². The van der Waals surface area contributed by atoms with Crippen molar-refractivity contribution in [2.45, 2.75) is 64.7 Å². The number of rotatable bonds is 9. The van der Waals surface area contributed by atoms with E-state index in [0.717, 1.165) is 12.8 Å². The van der Waals surface area contributed by atoms with Crippen LogP contribution in [-0.2, 0) is 12.8 Å². The van der Waals surface area contributed by atoms with Gasteiger partial charge in [0.05, 0.1) is 0 Å². The summed E-state index contributed by atoms with van der Waals surface area (Å²) >= 11 is 0. The van der Waals surface area contributed by atoms with E-state index in [1.165, 1.54) is 50.5 Å². The third-order valence-corrected chi connectivity index (χ3v) is 3.36. The van der Waals surface area contributed by atoms with E-state index in [1.54, 1.807) is 5.56 Å². The second-order valence-corrected chi connectivity index (χ2v) is 4.89. The van der Waals surface area contributed by atoms with E-state index >= 15 is 0 Å². The monoisotopic (exact) mass is 231 g/mol. The minimum atomic E-state index is 1.01. The van der Waals surface area contributed by atoms with Crippen LogP contribution < -0.4 is 0 Å². The smallest absolute Gasteiger partial charge is 0.0276 e. The van der Waals surface area contributed by atoms with Gasteiger partial charge in [0.25, 0.3) is 0 Å². The van der Waals surface area contributed by atoms with Crippen molar-refractivity contribution >= 4 is 0 Å². The summed E-state index contributed by atoms with van der Waals surface area (Å²) in [6.45, 7) is 6.23. The van der Waals surface area contributed by atoms with Crippen molar-refractivity contribution in [2.24, 2.45) is 0 Å². The van der Waals surface area contributed by atoms with Crippen LogP contribution in [0.1, 0.15) is 63.0 Å². The molecule has 0 unspecified atom stereocenters. The fourth-order valence-corrected chi connectivity index (χ4v) is 2.33. The Hall–Kier alpha value is -0.780. The Bertz CT molecular complexity index is 288. The van der Waals surface area contributed by atoms with Gasteiger partial charge in [-0.1, -0.05) is 70.2 Å². The topological polar surface area (TPSA) is 0 Å². The number of hydrogen-bond acceptors (Lipinski definition) is 0. The molecule has 0 atom stereocenters. The van der Waals surface area contributed by atoms with E-state index in [-0.39, 0.29) is 0 Å². The summed E-state index contributed by atoms with van der Waals surface area (Å²) in [6.07, 6.45) is 11.7. The second-order valence-electron chi connectivity index (χ2n) is 4.89. The molecule has 0 aliphatic heterocycles. The number of hydrogen-bond donors (Lipinski definition) is 0. The van der Waals surface area contributed by atoms with Gasteiger partial charge in [-0.25, -0.2) is 0 Å². The Morgan fingerprint density at radius 1 is 0.824 bits per heavy atom. The van der Waals surface area contributed by atoms with Gasteiger partial charge in [-0.3, -0.25) is 0 Å². The Kier molecular flexibility index (Phi) is 7.79. The lowest BCUT2D eigenvalue weighted by Gasteiger charge is -2.08. The van der Waals surface area contributed by atoms with Gasteiger partial charge in [-0.15, -0.1) is 0 Å². The molecule has 0 heterocycles. The van der Waals surface area contributed by atoms with Gasteiger partial charge in [-0.05, 0) is 36.8 Å². The minimum Gasteiger partial charge on any atom is -0.0654 e. The standard InChI is InChI=1S/C17H27/c1-3-5-6-7-8-9-13-17-15-11-10-14-16(17)12-4-2/h10-11,14-15H,2-9,12-13H2,1H3. The maximum absolute atomic E-state index is 3.95. The lowest BCUT2D eigenvalue weighted by molar-refractivity contribution is 0.606. The van der Waals surface area contributed by atoms with Crippen LogP contribution in [-0.4, -0.2) is 0 Å². The molecule has 1 rings (SSSR count). The number of aryl methyl sites for hydroxylation is 2. The fraction of sp³-hybridized carbons (Fsp3) is 0.588. The minimum absolute atomic E-state index is 1.01. The van der Waals surface area contributed by atoms with E-state index in [1.807, 2.05) is 0 Å². The largest absolute Gasteiger partial charge is 0.0654 e. The van der Waals surface area contributed by atoms with Gasteiger partial charge in [0, 0.05) is 0 Å². The van der Waals surface area contributed by atoms with Crippen LogP contribution in [0.3, 0.4) is 0 Å². The zero-order valence-corrected chi connectivity index (χ0v) is 11.4. The summed E-state index contributed by atoms with van der Waals surface area (Å²) in [6, 6.07) is 8.86. The summed E-state index contributed by atoms with van der Waals surface area (Å²) in [4.78, 5) is 0. The highest BCUT2D eigenvalue weighted by Gasteiger charge is 2.00. The average molecular weight is 231 g/mol. The Balaban J connectivity index is 2.25. The quantitative estimate of drug-likeness (QED) is 0.502. The molecular formula is C17H27. The third kappa shape index (κ3) is 5.91. The predicted octanol–water partition coefficient (Wildman–Crippen LogP) is 5.36. The molecule has 0 aliphatic carbocycles. The van der Waals surface area contributed by atoms with Gasteiger partial charge in [0.15, 0.2) is 0 Å². The molecule has 0 fully saturated rings. The predicted molar refractivity (Wildman–Crippen MR) is 77.2 cm³/mol. The number of benzene rings is 1. The van der Waals surface area contributed by atoms with E-state index < -0.39 is 0 Å². The molecule has 0 saturated heterocycles. The molecule has 0 bridgehead atoms. The molecule has 0 aliphatic rings. The highest BCUT2D eigenvalue weighted by atomic mass is 14.1. The van der Waals surface area contributed by atoms with Crippen LogP contribution in [0, 0.1) is 6.92 Å². The zero-order chi connectivity index (χ0) is 12.3. The first-order chi connectivity index (χ1) is 8.38. The highest BCUT2D eigenvalue weighted by molar-refractivity contribution is 5.27. The first-order valence-electron chi connectivity index (χ1n) is 7.24. The fourth-order valence-electron chi connectivity index (χ4n) is 2.33. The van der Waals surface area contributed by atoms with E-state index in [0.29, 0.717) is 0 Å². The highest BCUT2D eigenvalue weighted by Crippen LogP contribution is 2.15. The first kappa shape index (κ1) is 14.3. The molecule has 95 valence electrons. The summed E-state index contributed by atoms with van der Waals surface area (Å²) in [5, 5.41) is 0. The van der Waals surface area contributed by atoms with Gasteiger partial charge >= 0.3 is 0 Å². The van der Waals surface area contributed by atoms with Crippen molar-refractivity contribution in [3.05, 3.63) is 42.3 Å². The molecule has 0 saturated carbocycles. The van der Waals surface area contributed by atoms with Gasteiger partial charge < -0.3 is 0 Å². The first-order valence-corrected chi connectivity index (χ1v) is 7.24. The molecule has 0 nitrogen and oxygen atoms in total. The van der Waals surface area contributed by atoms with Crippen LogP contribution in [0.15, 0.2) is 24.3 Å². The Morgan fingerprint density at radius 2 is 1.41 bits per heavy atom. The molecule has 1 radical (unpaired) electrons. The molecule has 0 spiro atoms. The van der Waals surface area contributed by atoms with E-state index in [4.69, 9.17) is 0 Å².